The monoisotopic (exact) mass is 253 g/mol. The summed E-state index contributed by atoms with van der Waals surface area (Å²) in [5, 5.41) is 3.63. The molecule has 2 heteroatoms. The highest BCUT2D eigenvalue weighted by Gasteiger charge is 2.45. The molecule has 3 atom stereocenters. The molecular formula is C16H31NO. The average molecular weight is 253 g/mol. The third kappa shape index (κ3) is 2.75. The number of rotatable bonds is 5. The normalized spacial score (nSPS) is 33.5. The van der Waals surface area contributed by atoms with Crippen molar-refractivity contribution in [2.24, 2.45) is 11.8 Å². The van der Waals surface area contributed by atoms with Gasteiger partial charge in [-0.3, -0.25) is 0 Å². The van der Waals surface area contributed by atoms with Gasteiger partial charge in [-0.1, -0.05) is 39.0 Å². The number of hydrogen-bond donors (Lipinski definition) is 1. The fourth-order valence-electron chi connectivity index (χ4n) is 4.55. The van der Waals surface area contributed by atoms with Crippen LogP contribution in [-0.2, 0) is 4.74 Å². The molecule has 0 spiro atoms. The van der Waals surface area contributed by atoms with Crippen LogP contribution in [0.2, 0.25) is 0 Å². The Morgan fingerprint density at radius 2 is 1.94 bits per heavy atom. The minimum atomic E-state index is 0.134. The van der Waals surface area contributed by atoms with Gasteiger partial charge in [0, 0.05) is 13.2 Å². The summed E-state index contributed by atoms with van der Waals surface area (Å²) >= 11 is 0. The fourth-order valence-corrected chi connectivity index (χ4v) is 4.55. The molecule has 0 radical (unpaired) electrons. The second-order valence-electron chi connectivity index (χ2n) is 6.44. The molecule has 2 nitrogen and oxygen atoms in total. The Balaban J connectivity index is 2.07. The van der Waals surface area contributed by atoms with Gasteiger partial charge < -0.3 is 10.1 Å². The van der Waals surface area contributed by atoms with Gasteiger partial charge in [-0.2, -0.15) is 0 Å². The zero-order valence-corrected chi connectivity index (χ0v) is 12.5. The Hall–Kier alpha value is -0.0800. The van der Waals surface area contributed by atoms with Crippen LogP contribution in [0.5, 0.6) is 0 Å². The largest absolute Gasteiger partial charge is 0.377 e. The molecule has 0 aromatic heterocycles. The van der Waals surface area contributed by atoms with E-state index in [4.69, 9.17) is 4.74 Å². The predicted octanol–water partition coefficient (Wildman–Crippen LogP) is 3.75. The van der Waals surface area contributed by atoms with Crippen molar-refractivity contribution in [3.05, 3.63) is 0 Å². The van der Waals surface area contributed by atoms with Gasteiger partial charge >= 0.3 is 0 Å². The first kappa shape index (κ1) is 14.3. The highest BCUT2D eigenvalue weighted by atomic mass is 16.5. The van der Waals surface area contributed by atoms with Crippen LogP contribution in [-0.4, -0.2) is 25.8 Å². The highest BCUT2D eigenvalue weighted by Crippen LogP contribution is 2.43. The van der Waals surface area contributed by atoms with Crippen LogP contribution in [0, 0.1) is 11.8 Å². The van der Waals surface area contributed by atoms with Crippen molar-refractivity contribution in [1.29, 1.82) is 0 Å². The van der Waals surface area contributed by atoms with Crippen molar-refractivity contribution >= 4 is 0 Å². The van der Waals surface area contributed by atoms with E-state index >= 15 is 0 Å². The molecule has 3 unspecified atom stereocenters. The first-order valence-corrected chi connectivity index (χ1v) is 7.98. The van der Waals surface area contributed by atoms with Crippen LogP contribution in [0.25, 0.3) is 0 Å². The number of hydrogen-bond acceptors (Lipinski definition) is 2. The minimum Gasteiger partial charge on any atom is -0.377 e. The van der Waals surface area contributed by atoms with Crippen LogP contribution in [0.4, 0.5) is 0 Å². The average Bonchev–Trinajstić information content (AvgIpc) is 2.90. The van der Waals surface area contributed by atoms with E-state index < -0.39 is 0 Å². The number of methoxy groups -OCH3 is 1. The Morgan fingerprint density at radius 1 is 1.22 bits per heavy atom. The van der Waals surface area contributed by atoms with Gasteiger partial charge in [0.05, 0.1) is 5.60 Å². The summed E-state index contributed by atoms with van der Waals surface area (Å²) in [7, 11) is 4.06. The summed E-state index contributed by atoms with van der Waals surface area (Å²) in [6, 6.07) is 0.569. The molecule has 0 bridgehead atoms. The zero-order chi connectivity index (χ0) is 13.0. The van der Waals surface area contributed by atoms with Crippen LogP contribution in [0.3, 0.4) is 0 Å². The van der Waals surface area contributed by atoms with Gasteiger partial charge in [0.25, 0.3) is 0 Å². The number of nitrogens with one attached hydrogen (secondary N) is 1. The van der Waals surface area contributed by atoms with Crippen molar-refractivity contribution in [1.82, 2.24) is 5.32 Å². The molecule has 18 heavy (non-hydrogen) atoms. The van der Waals surface area contributed by atoms with Gasteiger partial charge in [0.15, 0.2) is 0 Å². The first-order chi connectivity index (χ1) is 8.75. The molecule has 106 valence electrons. The Labute approximate surface area is 113 Å². The lowest BCUT2D eigenvalue weighted by atomic mass is 9.71. The first-order valence-electron chi connectivity index (χ1n) is 7.98. The summed E-state index contributed by atoms with van der Waals surface area (Å²) in [5.74, 6) is 1.78. The van der Waals surface area contributed by atoms with Gasteiger partial charge in [-0.05, 0) is 44.6 Å². The quantitative estimate of drug-likeness (QED) is 0.805. The van der Waals surface area contributed by atoms with E-state index in [-0.39, 0.29) is 5.60 Å². The molecule has 2 fully saturated rings. The maximum Gasteiger partial charge on any atom is 0.0833 e. The molecule has 1 N–H and O–H groups in total. The molecule has 0 heterocycles. The standard InChI is InChI=1S/C16H31NO/c1-4-13-8-7-9-14(12-13)15(17-2)16(18-3)10-5-6-11-16/h13-15,17H,4-12H2,1-3H3. The van der Waals surface area contributed by atoms with Gasteiger partial charge in [0.2, 0.25) is 0 Å². The van der Waals surface area contributed by atoms with E-state index in [1.54, 1.807) is 0 Å². The van der Waals surface area contributed by atoms with E-state index in [2.05, 4.69) is 19.3 Å². The zero-order valence-electron chi connectivity index (χ0n) is 12.5. The Morgan fingerprint density at radius 3 is 2.50 bits per heavy atom. The van der Waals surface area contributed by atoms with Crippen molar-refractivity contribution in [3.63, 3.8) is 0 Å². The van der Waals surface area contributed by atoms with E-state index in [0.717, 1.165) is 11.8 Å². The maximum absolute atomic E-state index is 6.01. The second-order valence-corrected chi connectivity index (χ2v) is 6.44. The lowest BCUT2D eigenvalue weighted by Crippen LogP contribution is -2.54. The molecule has 2 aliphatic rings. The molecule has 0 aromatic carbocycles. The molecular weight excluding hydrogens is 222 g/mol. The van der Waals surface area contributed by atoms with E-state index in [1.165, 1.54) is 57.8 Å². The van der Waals surface area contributed by atoms with E-state index in [9.17, 15) is 0 Å². The minimum absolute atomic E-state index is 0.134. The lowest BCUT2D eigenvalue weighted by molar-refractivity contribution is -0.0570. The molecule has 2 aliphatic carbocycles. The summed E-state index contributed by atoms with van der Waals surface area (Å²) in [4.78, 5) is 0. The molecule has 0 aliphatic heterocycles. The summed E-state index contributed by atoms with van der Waals surface area (Å²) in [6.07, 6.45) is 12.2. The fraction of sp³-hybridized carbons (Fsp3) is 1.00. The number of ether oxygens (including phenoxy) is 1. The van der Waals surface area contributed by atoms with Crippen molar-refractivity contribution in [2.75, 3.05) is 14.2 Å². The molecule has 0 amide bonds. The summed E-state index contributed by atoms with van der Waals surface area (Å²) < 4.78 is 6.01. The van der Waals surface area contributed by atoms with Gasteiger partial charge in [0.1, 0.15) is 0 Å². The molecule has 2 saturated carbocycles. The van der Waals surface area contributed by atoms with Gasteiger partial charge in [-0.15, -0.1) is 0 Å². The van der Waals surface area contributed by atoms with E-state index in [0.29, 0.717) is 6.04 Å². The highest BCUT2D eigenvalue weighted by molar-refractivity contribution is 5.00. The molecule has 0 aromatic rings. The third-order valence-electron chi connectivity index (χ3n) is 5.61. The Bertz CT molecular complexity index is 247. The Kier molecular flexibility index (Phi) is 5.08. The third-order valence-corrected chi connectivity index (χ3v) is 5.61. The maximum atomic E-state index is 6.01. The summed E-state index contributed by atoms with van der Waals surface area (Å²) in [6.45, 7) is 2.35. The predicted molar refractivity (Wildman–Crippen MR) is 76.8 cm³/mol. The van der Waals surface area contributed by atoms with Crippen LogP contribution in [0.1, 0.15) is 64.7 Å². The lowest BCUT2D eigenvalue weighted by Gasteiger charge is -2.44. The second kappa shape index (κ2) is 6.38. The molecule has 2 rings (SSSR count). The smallest absolute Gasteiger partial charge is 0.0833 e. The van der Waals surface area contributed by atoms with Crippen LogP contribution < -0.4 is 5.32 Å². The number of likely N-dealkylation sites (N-methyl/N-ethyl adjacent to an activating group) is 1. The van der Waals surface area contributed by atoms with Crippen molar-refractivity contribution in [2.45, 2.75) is 76.4 Å². The van der Waals surface area contributed by atoms with Crippen molar-refractivity contribution < 1.29 is 4.74 Å². The van der Waals surface area contributed by atoms with Crippen LogP contribution in [0.15, 0.2) is 0 Å². The molecule has 0 saturated heterocycles. The van der Waals surface area contributed by atoms with Crippen LogP contribution >= 0.6 is 0 Å². The van der Waals surface area contributed by atoms with E-state index in [1.807, 2.05) is 7.11 Å². The van der Waals surface area contributed by atoms with Crippen molar-refractivity contribution in [3.8, 4) is 0 Å². The summed E-state index contributed by atoms with van der Waals surface area (Å²) in [5.41, 5.74) is 0.134. The topological polar surface area (TPSA) is 21.3 Å². The van der Waals surface area contributed by atoms with Gasteiger partial charge in [-0.25, -0.2) is 0 Å². The SMILES string of the molecule is CCC1CCCC(C(NC)C2(OC)CCCC2)C1.